The highest BCUT2D eigenvalue weighted by Gasteiger charge is 2.33. The second kappa shape index (κ2) is 6.32. The number of hydrogen-bond donors (Lipinski definition) is 0. The van der Waals surface area contributed by atoms with Crippen molar-refractivity contribution < 1.29 is 0 Å². The van der Waals surface area contributed by atoms with Gasteiger partial charge in [-0.3, -0.25) is 0 Å². The molecule has 0 radical (unpaired) electrons. The Kier molecular flexibility index (Phi) is 5.64. The molecule has 0 fully saturated rings. The minimum Gasteiger partial charge on any atom is -0.248 e. The molecule has 0 bridgehead atoms. The molecule has 0 N–H and O–H groups in total. The molecular weight excluding hydrogens is 346 g/mol. The highest BCUT2D eigenvalue weighted by atomic mass is 79.9. The fraction of sp³-hybridized carbons (Fsp3) is 0.833. The molecule has 0 unspecified atom stereocenters. The van der Waals surface area contributed by atoms with Gasteiger partial charge in [-0.25, -0.2) is 9.67 Å². The Morgan fingerprint density at radius 2 is 1.82 bits per heavy atom. The lowest BCUT2D eigenvalue weighted by Gasteiger charge is -2.34. The summed E-state index contributed by atoms with van der Waals surface area (Å²) in [7, 11) is 0. The summed E-state index contributed by atoms with van der Waals surface area (Å²) in [6, 6.07) is 0.364. The molecular formula is C12H21Br2N3. The van der Waals surface area contributed by atoms with E-state index in [0.29, 0.717) is 12.0 Å². The third-order valence-electron chi connectivity index (χ3n) is 3.40. The molecule has 5 heteroatoms. The van der Waals surface area contributed by atoms with Crippen LogP contribution in [0.5, 0.6) is 0 Å². The first-order valence-electron chi connectivity index (χ1n) is 5.97. The average Bonchev–Trinajstić information content (AvgIpc) is 2.73. The molecule has 0 aliphatic rings. The third kappa shape index (κ3) is 3.31. The molecule has 0 aliphatic carbocycles. The van der Waals surface area contributed by atoms with Crippen LogP contribution in [0.4, 0.5) is 0 Å². The van der Waals surface area contributed by atoms with Crippen LogP contribution in [0.15, 0.2) is 6.33 Å². The van der Waals surface area contributed by atoms with Crippen LogP contribution < -0.4 is 0 Å². The number of rotatable bonds is 6. The fourth-order valence-corrected chi connectivity index (χ4v) is 4.41. The molecule has 0 atom stereocenters. The van der Waals surface area contributed by atoms with Gasteiger partial charge in [-0.1, -0.05) is 45.7 Å². The van der Waals surface area contributed by atoms with Crippen LogP contribution in [0.1, 0.15) is 39.6 Å². The van der Waals surface area contributed by atoms with Gasteiger partial charge in [0.1, 0.15) is 12.2 Å². The molecule has 0 spiro atoms. The number of aromatic nitrogens is 3. The third-order valence-corrected chi connectivity index (χ3v) is 5.64. The van der Waals surface area contributed by atoms with E-state index in [-0.39, 0.29) is 5.41 Å². The molecule has 0 aromatic carbocycles. The van der Waals surface area contributed by atoms with Gasteiger partial charge in [0.05, 0.1) is 0 Å². The van der Waals surface area contributed by atoms with Gasteiger partial charge in [-0.2, -0.15) is 5.10 Å². The summed E-state index contributed by atoms with van der Waals surface area (Å²) in [4.78, 5) is 4.41. The highest BCUT2D eigenvalue weighted by Crippen LogP contribution is 2.35. The maximum Gasteiger partial charge on any atom is 0.138 e. The zero-order chi connectivity index (χ0) is 13.1. The monoisotopic (exact) mass is 365 g/mol. The SMILES string of the molecule is CC(C)n1ncnc1CC(CBr)(CBr)C(C)C. The fourth-order valence-electron chi connectivity index (χ4n) is 1.79. The van der Waals surface area contributed by atoms with Crippen LogP contribution in [0, 0.1) is 11.3 Å². The zero-order valence-corrected chi connectivity index (χ0v) is 14.1. The summed E-state index contributed by atoms with van der Waals surface area (Å²) < 4.78 is 2.02. The van der Waals surface area contributed by atoms with Crippen molar-refractivity contribution in [3.05, 3.63) is 12.2 Å². The van der Waals surface area contributed by atoms with Crippen molar-refractivity contribution >= 4 is 31.9 Å². The van der Waals surface area contributed by atoms with E-state index in [9.17, 15) is 0 Å². The van der Waals surface area contributed by atoms with Gasteiger partial charge in [0, 0.05) is 23.1 Å². The van der Waals surface area contributed by atoms with Gasteiger partial charge >= 0.3 is 0 Å². The van der Waals surface area contributed by atoms with E-state index in [0.717, 1.165) is 22.9 Å². The topological polar surface area (TPSA) is 30.7 Å². The molecule has 0 saturated heterocycles. The molecule has 1 heterocycles. The number of halogens is 2. The number of hydrogen-bond acceptors (Lipinski definition) is 2. The Labute approximate surface area is 121 Å². The second-order valence-electron chi connectivity index (χ2n) is 5.18. The smallest absolute Gasteiger partial charge is 0.138 e. The van der Waals surface area contributed by atoms with E-state index in [1.54, 1.807) is 6.33 Å². The molecule has 0 amide bonds. The van der Waals surface area contributed by atoms with Crippen molar-refractivity contribution in [1.82, 2.24) is 14.8 Å². The molecule has 1 rings (SSSR count). The maximum atomic E-state index is 4.41. The second-order valence-corrected chi connectivity index (χ2v) is 6.30. The van der Waals surface area contributed by atoms with E-state index in [1.165, 1.54) is 0 Å². The van der Waals surface area contributed by atoms with Gasteiger partial charge in [0.2, 0.25) is 0 Å². The molecule has 17 heavy (non-hydrogen) atoms. The summed E-state index contributed by atoms with van der Waals surface area (Å²) in [5.41, 5.74) is 0.194. The molecule has 3 nitrogen and oxygen atoms in total. The summed E-state index contributed by atoms with van der Waals surface area (Å²) in [5.74, 6) is 1.66. The van der Waals surface area contributed by atoms with Crippen molar-refractivity contribution in [2.75, 3.05) is 10.7 Å². The number of nitrogens with zero attached hydrogens (tertiary/aromatic N) is 3. The first kappa shape index (κ1) is 15.2. The molecule has 0 saturated carbocycles. The molecule has 0 aliphatic heterocycles. The lowest BCUT2D eigenvalue weighted by atomic mass is 9.78. The van der Waals surface area contributed by atoms with Crippen molar-refractivity contribution in [3.8, 4) is 0 Å². The van der Waals surface area contributed by atoms with E-state index in [1.807, 2.05) is 4.68 Å². The van der Waals surface area contributed by atoms with Gasteiger partial charge in [-0.05, 0) is 25.2 Å². The van der Waals surface area contributed by atoms with E-state index in [4.69, 9.17) is 0 Å². The van der Waals surface area contributed by atoms with Crippen molar-refractivity contribution in [3.63, 3.8) is 0 Å². The highest BCUT2D eigenvalue weighted by molar-refractivity contribution is 9.09. The summed E-state index contributed by atoms with van der Waals surface area (Å²) in [6.45, 7) is 8.80. The summed E-state index contributed by atoms with van der Waals surface area (Å²) in [5, 5.41) is 6.24. The molecule has 1 aromatic rings. The van der Waals surface area contributed by atoms with E-state index < -0.39 is 0 Å². The normalized spacial score (nSPS) is 12.7. The predicted molar refractivity (Wildman–Crippen MR) is 79.0 cm³/mol. The minimum absolute atomic E-state index is 0.194. The lowest BCUT2D eigenvalue weighted by Crippen LogP contribution is -2.35. The van der Waals surface area contributed by atoms with Crippen LogP contribution in [0.3, 0.4) is 0 Å². The Balaban J connectivity index is 2.97. The summed E-state index contributed by atoms with van der Waals surface area (Å²) in [6.07, 6.45) is 2.60. The van der Waals surface area contributed by atoms with E-state index >= 15 is 0 Å². The van der Waals surface area contributed by atoms with Gasteiger partial charge in [0.15, 0.2) is 0 Å². The Bertz CT molecular complexity index is 343. The van der Waals surface area contributed by atoms with Crippen molar-refractivity contribution in [2.45, 2.75) is 40.2 Å². The minimum atomic E-state index is 0.194. The molecule has 98 valence electrons. The van der Waals surface area contributed by atoms with Gasteiger partial charge < -0.3 is 0 Å². The Morgan fingerprint density at radius 3 is 2.24 bits per heavy atom. The predicted octanol–water partition coefficient (Wildman–Crippen LogP) is 3.83. The summed E-state index contributed by atoms with van der Waals surface area (Å²) >= 11 is 7.31. The quantitative estimate of drug-likeness (QED) is 0.716. The van der Waals surface area contributed by atoms with Crippen LogP contribution in [0.2, 0.25) is 0 Å². The average molecular weight is 367 g/mol. The van der Waals surface area contributed by atoms with Crippen molar-refractivity contribution in [1.29, 1.82) is 0 Å². The Morgan fingerprint density at radius 1 is 1.24 bits per heavy atom. The molecule has 1 aromatic heterocycles. The zero-order valence-electron chi connectivity index (χ0n) is 11.0. The number of alkyl halides is 2. The van der Waals surface area contributed by atoms with Crippen LogP contribution in [-0.2, 0) is 6.42 Å². The van der Waals surface area contributed by atoms with Crippen LogP contribution in [0.25, 0.3) is 0 Å². The van der Waals surface area contributed by atoms with Crippen molar-refractivity contribution in [2.24, 2.45) is 11.3 Å². The van der Waals surface area contributed by atoms with Gasteiger partial charge in [-0.15, -0.1) is 0 Å². The first-order valence-corrected chi connectivity index (χ1v) is 8.21. The standard InChI is InChI=1S/C12H21Br2N3/c1-9(2)12(6-13,7-14)5-11-15-8-16-17(11)10(3)4/h8-10H,5-7H2,1-4H3. The van der Waals surface area contributed by atoms with Crippen LogP contribution in [-0.4, -0.2) is 25.4 Å². The maximum absolute atomic E-state index is 4.41. The Hall–Kier alpha value is 0.100. The largest absolute Gasteiger partial charge is 0.248 e. The lowest BCUT2D eigenvalue weighted by molar-refractivity contribution is 0.256. The van der Waals surface area contributed by atoms with Gasteiger partial charge in [0.25, 0.3) is 0 Å². The van der Waals surface area contributed by atoms with E-state index in [2.05, 4.69) is 69.6 Å². The van der Waals surface area contributed by atoms with Crippen LogP contribution >= 0.6 is 31.9 Å². The first-order chi connectivity index (χ1) is 7.96.